The molecule has 3 rings (SSSR count). The first-order valence-corrected chi connectivity index (χ1v) is 7.15. The van der Waals surface area contributed by atoms with Gasteiger partial charge in [0, 0.05) is 4.75 Å². The molecule has 6 atom stereocenters. The quantitative estimate of drug-likeness (QED) is 0.588. The molecule has 1 aliphatic heterocycles. The second-order valence-electron chi connectivity index (χ2n) is 6.39. The van der Waals surface area contributed by atoms with Crippen molar-refractivity contribution in [3.8, 4) is 0 Å². The van der Waals surface area contributed by atoms with E-state index >= 15 is 0 Å². The van der Waals surface area contributed by atoms with E-state index in [0.717, 1.165) is 35.5 Å². The molecule has 0 aromatic rings. The average molecular weight is 210 g/mol. The van der Waals surface area contributed by atoms with E-state index in [-0.39, 0.29) is 0 Å². The van der Waals surface area contributed by atoms with Crippen molar-refractivity contribution in [3.05, 3.63) is 0 Å². The molecule has 80 valence electrons. The van der Waals surface area contributed by atoms with Crippen LogP contribution >= 0.6 is 11.8 Å². The van der Waals surface area contributed by atoms with Gasteiger partial charge in [0.2, 0.25) is 0 Å². The highest BCUT2D eigenvalue weighted by atomic mass is 32.2. The van der Waals surface area contributed by atoms with Crippen LogP contribution in [-0.4, -0.2) is 10.5 Å². The number of thioether (sulfide) groups is 1. The molecule has 0 aromatic carbocycles. The molecule has 0 radical (unpaired) electrons. The summed E-state index contributed by atoms with van der Waals surface area (Å²) in [5, 5.41) is 0. The van der Waals surface area contributed by atoms with Gasteiger partial charge in [-0.2, -0.15) is 11.8 Å². The van der Waals surface area contributed by atoms with Crippen LogP contribution in [0.1, 0.15) is 34.1 Å². The highest BCUT2D eigenvalue weighted by molar-refractivity contribution is 8.00. The van der Waals surface area contributed by atoms with Crippen LogP contribution in [-0.2, 0) is 0 Å². The van der Waals surface area contributed by atoms with Crippen LogP contribution in [0.25, 0.3) is 0 Å². The molecule has 0 aromatic heterocycles. The Kier molecular flexibility index (Phi) is 1.86. The fourth-order valence-electron chi connectivity index (χ4n) is 4.81. The molecule has 6 unspecified atom stereocenters. The maximum atomic E-state index is 2.50. The summed E-state index contributed by atoms with van der Waals surface area (Å²) < 4.78 is 0.582. The summed E-state index contributed by atoms with van der Waals surface area (Å²) >= 11 is 2.24. The molecular formula is C13H22S. The normalized spacial score (nSPS) is 59.1. The molecule has 2 aliphatic carbocycles. The Morgan fingerprint density at radius 2 is 1.64 bits per heavy atom. The average Bonchev–Trinajstić information content (AvgIpc) is 2.69. The molecule has 14 heavy (non-hydrogen) atoms. The van der Waals surface area contributed by atoms with Crippen LogP contribution in [0, 0.1) is 35.5 Å². The van der Waals surface area contributed by atoms with Gasteiger partial charge in [-0.3, -0.25) is 0 Å². The molecule has 0 spiro atoms. The molecule has 1 heteroatoms. The minimum Gasteiger partial charge on any atom is -0.155 e. The molecule has 3 aliphatic rings. The van der Waals surface area contributed by atoms with Crippen LogP contribution in [0.4, 0.5) is 0 Å². The van der Waals surface area contributed by atoms with Crippen molar-refractivity contribution in [1.82, 2.24) is 0 Å². The van der Waals surface area contributed by atoms with Gasteiger partial charge < -0.3 is 0 Å². The Morgan fingerprint density at radius 3 is 2.36 bits per heavy atom. The predicted octanol–water partition coefficient (Wildman–Crippen LogP) is 3.67. The summed E-state index contributed by atoms with van der Waals surface area (Å²) in [4.78, 5) is 0. The Hall–Kier alpha value is 0.350. The van der Waals surface area contributed by atoms with Gasteiger partial charge in [0.1, 0.15) is 0 Å². The number of hydrogen-bond donors (Lipinski definition) is 0. The van der Waals surface area contributed by atoms with Crippen molar-refractivity contribution in [2.75, 3.05) is 5.75 Å². The topological polar surface area (TPSA) is 0 Å². The molecule has 0 amide bonds. The van der Waals surface area contributed by atoms with E-state index in [1.54, 1.807) is 6.42 Å². The van der Waals surface area contributed by atoms with Crippen molar-refractivity contribution in [3.63, 3.8) is 0 Å². The molecule has 1 heterocycles. The van der Waals surface area contributed by atoms with Gasteiger partial charge in [0.05, 0.1) is 0 Å². The number of fused-ring (bicyclic) bond motifs is 5. The Balaban J connectivity index is 1.95. The first-order chi connectivity index (χ1) is 6.52. The molecule has 0 nitrogen and oxygen atoms in total. The summed E-state index contributed by atoms with van der Waals surface area (Å²) in [5.41, 5.74) is 0. The number of rotatable bonds is 0. The van der Waals surface area contributed by atoms with Gasteiger partial charge in [-0.25, -0.2) is 0 Å². The summed E-state index contributed by atoms with van der Waals surface area (Å²) in [7, 11) is 0. The lowest BCUT2D eigenvalue weighted by molar-refractivity contribution is 0.120. The highest BCUT2D eigenvalue weighted by Crippen LogP contribution is 2.66. The largest absolute Gasteiger partial charge is 0.155 e. The maximum Gasteiger partial charge on any atom is 0.0137 e. The zero-order chi connectivity index (χ0) is 10.1. The third-order valence-corrected chi connectivity index (χ3v) is 7.22. The minimum atomic E-state index is 0.582. The smallest absolute Gasteiger partial charge is 0.0137 e. The van der Waals surface area contributed by atoms with E-state index in [1.807, 2.05) is 0 Å². The van der Waals surface area contributed by atoms with Crippen LogP contribution < -0.4 is 0 Å². The second kappa shape index (κ2) is 2.72. The highest BCUT2D eigenvalue weighted by Gasteiger charge is 2.61. The van der Waals surface area contributed by atoms with E-state index in [2.05, 4.69) is 39.5 Å². The summed E-state index contributed by atoms with van der Waals surface area (Å²) in [5.74, 6) is 7.72. The molecule has 3 fully saturated rings. The standard InChI is InChI=1S/C13H22S/c1-7-8(2)10-5-9(7)11-6-14-13(3,4)12(10)11/h7-12H,5-6H2,1-4H3. The number of hydrogen-bond acceptors (Lipinski definition) is 1. The van der Waals surface area contributed by atoms with Crippen molar-refractivity contribution in [2.45, 2.75) is 38.9 Å². The SMILES string of the molecule is CC1C(C)C2CC1C1CSC(C)(C)C21. The van der Waals surface area contributed by atoms with Crippen molar-refractivity contribution in [1.29, 1.82) is 0 Å². The second-order valence-corrected chi connectivity index (χ2v) is 8.06. The lowest BCUT2D eigenvalue weighted by Crippen LogP contribution is -2.38. The van der Waals surface area contributed by atoms with Gasteiger partial charge in [-0.05, 0) is 47.7 Å². The predicted molar refractivity (Wildman–Crippen MR) is 63.4 cm³/mol. The zero-order valence-corrected chi connectivity index (χ0v) is 10.6. The third-order valence-electron chi connectivity index (χ3n) is 5.65. The fraction of sp³-hybridized carbons (Fsp3) is 1.00. The van der Waals surface area contributed by atoms with E-state index in [0.29, 0.717) is 4.75 Å². The van der Waals surface area contributed by atoms with E-state index in [9.17, 15) is 0 Å². The van der Waals surface area contributed by atoms with Gasteiger partial charge in [-0.1, -0.05) is 27.7 Å². The Labute approximate surface area is 92.2 Å². The lowest BCUT2D eigenvalue weighted by atomic mass is 9.66. The molecular weight excluding hydrogens is 188 g/mol. The van der Waals surface area contributed by atoms with Crippen LogP contribution in [0.3, 0.4) is 0 Å². The summed E-state index contributed by atoms with van der Waals surface area (Å²) in [6.45, 7) is 9.98. The van der Waals surface area contributed by atoms with Crippen LogP contribution in [0.2, 0.25) is 0 Å². The van der Waals surface area contributed by atoms with Crippen LogP contribution in [0.15, 0.2) is 0 Å². The van der Waals surface area contributed by atoms with E-state index < -0.39 is 0 Å². The monoisotopic (exact) mass is 210 g/mol. The van der Waals surface area contributed by atoms with Gasteiger partial charge in [0.15, 0.2) is 0 Å². The molecule has 0 N–H and O–H groups in total. The van der Waals surface area contributed by atoms with Crippen molar-refractivity contribution < 1.29 is 0 Å². The Bertz CT molecular complexity index is 258. The van der Waals surface area contributed by atoms with Gasteiger partial charge in [0.25, 0.3) is 0 Å². The Morgan fingerprint density at radius 1 is 1.00 bits per heavy atom. The maximum absolute atomic E-state index is 2.50. The first kappa shape index (κ1) is 9.57. The molecule has 2 saturated carbocycles. The van der Waals surface area contributed by atoms with E-state index in [1.165, 1.54) is 5.75 Å². The van der Waals surface area contributed by atoms with Gasteiger partial charge >= 0.3 is 0 Å². The first-order valence-electron chi connectivity index (χ1n) is 6.16. The molecule has 1 saturated heterocycles. The summed E-state index contributed by atoms with van der Waals surface area (Å²) in [6.07, 6.45) is 1.56. The third kappa shape index (κ3) is 0.977. The summed E-state index contributed by atoms with van der Waals surface area (Å²) in [6, 6.07) is 0. The van der Waals surface area contributed by atoms with E-state index in [4.69, 9.17) is 0 Å². The van der Waals surface area contributed by atoms with Crippen molar-refractivity contribution in [2.24, 2.45) is 35.5 Å². The molecule has 2 bridgehead atoms. The van der Waals surface area contributed by atoms with Crippen LogP contribution in [0.5, 0.6) is 0 Å². The van der Waals surface area contributed by atoms with Gasteiger partial charge in [-0.15, -0.1) is 0 Å². The van der Waals surface area contributed by atoms with Crippen molar-refractivity contribution >= 4 is 11.8 Å². The fourth-order valence-corrected chi connectivity index (χ4v) is 6.43. The minimum absolute atomic E-state index is 0.582. The zero-order valence-electron chi connectivity index (χ0n) is 9.79. The lowest BCUT2D eigenvalue weighted by Gasteiger charge is -2.39.